The number of halogens is 1. The van der Waals surface area contributed by atoms with Crippen molar-refractivity contribution in [2.24, 2.45) is 0 Å². The second-order valence-corrected chi connectivity index (χ2v) is 7.47. The molecule has 0 saturated carbocycles. The molecule has 32 heavy (non-hydrogen) atoms. The monoisotopic (exact) mass is 497 g/mol. The fourth-order valence-corrected chi connectivity index (χ4v) is 3.53. The van der Waals surface area contributed by atoms with Crippen molar-refractivity contribution in [3.05, 3.63) is 64.6 Å². The highest BCUT2D eigenvalue weighted by Crippen LogP contribution is 2.31. The number of benzene rings is 2. The topological polar surface area (TPSA) is 99.9 Å². The van der Waals surface area contributed by atoms with E-state index in [2.05, 4.69) is 36.5 Å². The van der Waals surface area contributed by atoms with E-state index >= 15 is 0 Å². The van der Waals surface area contributed by atoms with Gasteiger partial charge in [0.25, 0.3) is 5.91 Å². The van der Waals surface area contributed by atoms with Gasteiger partial charge in [0.15, 0.2) is 23.0 Å². The van der Waals surface area contributed by atoms with Crippen LogP contribution >= 0.6 is 15.9 Å². The quantitative estimate of drug-likeness (QED) is 0.372. The highest BCUT2D eigenvalue weighted by atomic mass is 79.9. The van der Waals surface area contributed by atoms with E-state index in [9.17, 15) is 4.79 Å². The number of methoxy groups -OCH3 is 2. The first kappa shape index (κ1) is 21.6. The lowest BCUT2D eigenvalue weighted by atomic mass is 10.2. The van der Waals surface area contributed by atoms with Gasteiger partial charge in [0.05, 0.1) is 26.3 Å². The molecule has 2 aromatic heterocycles. The maximum atomic E-state index is 12.3. The van der Waals surface area contributed by atoms with Gasteiger partial charge in [-0.25, -0.2) is 0 Å². The van der Waals surface area contributed by atoms with Crippen molar-refractivity contribution in [2.75, 3.05) is 27.4 Å². The zero-order chi connectivity index (χ0) is 22.5. The standard InChI is InChI=1S/C22H20BrN5O4/c1-30-17-8-7-14(13-18(17)31-2)21-26-25-19-9-10-20(27-28(19)21)32-12-11-24-22(29)15-5-3-4-6-16(15)23/h3-10,13H,11-12H2,1-2H3,(H,24,29). The van der Waals surface area contributed by atoms with Crippen molar-refractivity contribution in [1.29, 1.82) is 0 Å². The first-order valence-electron chi connectivity index (χ1n) is 9.71. The third-order valence-electron chi connectivity index (χ3n) is 4.64. The average molecular weight is 498 g/mol. The molecule has 9 nitrogen and oxygen atoms in total. The molecule has 0 unspecified atom stereocenters. The molecular formula is C22H20BrN5O4. The summed E-state index contributed by atoms with van der Waals surface area (Å²) >= 11 is 3.37. The molecule has 2 heterocycles. The molecule has 164 valence electrons. The lowest BCUT2D eigenvalue weighted by molar-refractivity contribution is 0.0945. The van der Waals surface area contributed by atoms with E-state index in [4.69, 9.17) is 14.2 Å². The van der Waals surface area contributed by atoms with Crippen LogP contribution in [0.5, 0.6) is 17.4 Å². The zero-order valence-corrected chi connectivity index (χ0v) is 19.0. The van der Waals surface area contributed by atoms with Crippen LogP contribution in [0.1, 0.15) is 10.4 Å². The number of rotatable bonds is 8. The van der Waals surface area contributed by atoms with E-state index in [1.807, 2.05) is 30.3 Å². The van der Waals surface area contributed by atoms with Gasteiger partial charge in [-0.2, -0.15) is 4.52 Å². The summed E-state index contributed by atoms with van der Waals surface area (Å²) in [5.74, 6) is 1.93. The van der Waals surface area contributed by atoms with E-state index in [0.717, 1.165) is 10.0 Å². The van der Waals surface area contributed by atoms with Crippen molar-refractivity contribution in [2.45, 2.75) is 0 Å². The molecule has 1 N–H and O–H groups in total. The Morgan fingerprint density at radius 1 is 1.03 bits per heavy atom. The van der Waals surface area contributed by atoms with E-state index in [0.29, 0.717) is 41.0 Å². The molecule has 0 fully saturated rings. The largest absolute Gasteiger partial charge is 0.493 e. The third-order valence-corrected chi connectivity index (χ3v) is 5.33. The number of nitrogens with zero attached hydrogens (tertiary/aromatic N) is 4. The molecule has 0 radical (unpaired) electrons. The summed E-state index contributed by atoms with van der Waals surface area (Å²) in [6.45, 7) is 0.577. The van der Waals surface area contributed by atoms with Crippen molar-refractivity contribution < 1.29 is 19.0 Å². The number of ether oxygens (including phenoxy) is 3. The zero-order valence-electron chi connectivity index (χ0n) is 17.4. The Bertz CT molecular complexity index is 1260. The third kappa shape index (κ3) is 4.50. The van der Waals surface area contributed by atoms with Crippen LogP contribution in [0.3, 0.4) is 0 Å². The van der Waals surface area contributed by atoms with E-state index < -0.39 is 0 Å². The average Bonchev–Trinajstić information content (AvgIpc) is 3.24. The van der Waals surface area contributed by atoms with Crippen LogP contribution in [-0.2, 0) is 0 Å². The minimum atomic E-state index is -0.181. The number of carbonyl (C=O) groups excluding carboxylic acids is 1. The van der Waals surface area contributed by atoms with Crippen LogP contribution < -0.4 is 19.5 Å². The number of fused-ring (bicyclic) bond motifs is 1. The van der Waals surface area contributed by atoms with Gasteiger partial charge in [-0.15, -0.1) is 15.3 Å². The number of hydrogen-bond donors (Lipinski definition) is 1. The molecular weight excluding hydrogens is 478 g/mol. The lowest BCUT2D eigenvalue weighted by Crippen LogP contribution is -2.28. The highest BCUT2D eigenvalue weighted by Gasteiger charge is 2.14. The molecule has 2 aromatic carbocycles. The van der Waals surface area contributed by atoms with E-state index in [1.165, 1.54) is 0 Å². The fourth-order valence-electron chi connectivity index (χ4n) is 3.07. The van der Waals surface area contributed by atoms with Gasteiger partial charge in [-0.05, 0) is 52.3 Å². The van der Waals surface area contributed by atoms with Crippen LogP contribution in [0.25, 0.3) is 17.0 Å². The van der Waals surface area contributed by atoms with E-state index in [1.54, 1.807) is 43.0 Å². The van der Waals surface area contributed by atoms with Crippen LogP contribution in [0.15, 0.2) is 59.1 Å². The van der Waals surface area contributed by atoms with Crippen LogP contribution in [0.4, 0.5) is 0 Å². The Labute approximate surface area is 192 Å². The van der Waals surface area contributed by atoms with Gasteiger partial charge in [-0.1, -0.05) is 12.1 Å². The van der Waals surface area contributed by atoms with Crippen LogP contribution in [-0.4, -0.2) is 53.1 Å². The number of hydrogen-bond acceptors (Lipinski definition) is 7. The normalized spacial score (nSPS) is 10.7. The second-order valence-electron chi connectivity index (χ2n) is 6.62. The SMILES string of the molecule is COc1ccc(-c2nnc3ccc(OCCNC(=O)c4ccccc4Br)nn23)cc1OC. The Morgan fingerprint density at radius 3 is 2.62 bits per heavy atom. The predicted molar refractivity (Wildman–Crippen MR) is 121 cm³/mol. The second kappa shape index (κ2) is 9.65. The van der Waals surface area contributed by atoms with Crippen molar-refractivity contribution >= 4 is 27.5 Å². The molecule has 4 aromatic rings. The summed E-state index contributed by atoms with van der Waals surface area (Å²) in [6.07, 6.45) is 0. The molecule has 0 aliphatic rings. The lowest BCUT2D eigenvalue weighted by Gasteiger charge is -2.09. The van der Waals surface area contributed by atoms with Gasteiger partial charge in [-0.3, -0.25) is 4.79 Å². The molecule has 0 aliphatic carbocycles. The van der Waals surface area contributed by atoms with Crippen molar-refractivity contribution in [3.8, 4) is 28.8 Å². The highest BCUT2D eigenvalue weighted by molar-refractivity contribution is 9.10. The summed E-state index contributed by atoms with van der Waals surface area (Å²) in [5.41, 5.74) is 1.90. The molecule has 10 heteroatoms. The maximum Gasteiger partial charge on any atom is 0.252 e. The molecule has 0 saturated heterocycles. The summed E-state index contributed by atoms with van der Waals surface area (Å²) in [7, 11) is 3.15. The Kier molecular flexibility index (Phi) is 6.50. The predicted octanol–water partition coefficient (Wildman–Crippen LogP) is 3.38. The Hall–Kier alpha value is -3.66. The molecule has 0 atom stereocenters. The number of amides is 1. The molecule has 4 rings (SSSR count). The maximum absolute atomic E-state index is 12.3. The number of nitrogens with one attached hydrogen (secondary N) is 1. The van der Waals surface area contributed by atoms with Crippen molar-refractivity contribution in [3.63, 3.8) is 0 Å². The molecule has 0 aliphatic heterocycles. The minimum Gasteiger partial charge on any atom is -0.493 e. The Balaban J connectivity index is 1.45. The van der Waals surface area contributed by atoms with Gasteiger partial charge in [0.1, 0.15) is 6.61 Å². The Morgan fingerprint density at radius 2 is 1.84 bits per heavy atom. The summed E-state index contributed by atoms with van der Waals surface area (Å²) < 4.78 is 18.7. The molecule has 0 spiro atoms. The smallest absolute Gasteiger partial charge is 0.252 e. The van der Waals surface area contributed by atoms with Crippen LogP contribution in [0.2, 0.25) is 0 Å². The van der Waals surface area contributed by atoms with Gasteiger partial charge in [0, 0.05) is 16.1 Å². The molecule has 0 bridgehead atoms. The molecule has 1 amide bonds. The number of carbonyl (C=O) groups is 1. The van der Waals surface area contributed by atoms with Crippen LogP contribution in [0, 0.1) is 0 Å². The summed E-state index contributed by atoms with van der Waals surface area (Å²) in [6, 6.07) is 16.2. The van der Waals surface area contributed by atoms with Gasteiger partial charge >= 0.3 is 0 Å². The van der Waals surface area contributed by atoms with Crippen molar-refractivity contribution in [1.82, 2.24) is 25.1 Å². The first-order chi connectivity index (χ1) is 15.6. The summed E-state index contributed by atoms with van der Waals surface area (Å²) in [4.78, 5) is 12.3. The minimum absolute atomic E-state index is 0.181. The fraction of sp³-hybridized carbons (Fsp3) is 0.182. The van der Waals surface area contributed by atoms with Gasteiger partial charge in [0.2, 0.25) is 5.88 Å². The first-order valence-corrected chi connectivity index (χ1v) is 10.5. The number of aromatic nitrogens is 4. The van der Waals surface area contributed by atoms with Gasteiger partial charge < -0.3 is 19.5 Å². The summed E-state index contributed by atoms with van der Waals surface area (Å²) in [5, 5.41) is 15.7. The van der Waals surface area contributed by atoms with E-state index in [-0.39, 0.29) is 12.5 Å².